The van der Waals surface area contributed by atoms with E-state index in [0.29, 0.717) is 18.3 Å². The van der Waals surface area contributed by atoms with Crippen LogP contribution in [0.1, 0.15) is 30.9 Å². The van der Waals surface area contributed by atoms with Gasteiger partial charge in [0.05, 0.1) is 12.2 Å². The fraction of sp³-hybridized carbons (Fsp3) is 0.263. The Morgan fingerprint density at radius 2 is 2.00 bits per heavy atom. The van der Waals surface area contributed by atoms with E-state index < -0.39 is 0 Å². The lowest BCUT2D eigenvalue weighted by Crippen LogP contribution is -2.31. The number of nitrogens with zero attached hydrogens (tertiary/aromatic N) is 5. The van der Waals surface area contributed by atoms with E-state index in [1.807, 2.05) is 35.0 Å². The molecule has 0 spiro atoms. The van der Waals surface area contributed by atoms with Crippen molar-refractivity contribution < 1.29 is 0 Å². The van der Waals surface area contributed by atoms with Gasteiger partial charge in [-0.1, -0.05) is 12.1 Å². The zero-order valence-electron chi connectivity index (χ0n) is 15.8. The van der Waals surface area contributed by atoms with Gasteiger partial charge < -0.3 is 16.6 Å². The first-order chi connectivity index (χ1) is 14.2. The van der Waals surface area contributed by atoms with Gasteiger partial charge in [0, 0.05) is 30.6 Å². The minimum atomic E-state index is -0.228. The topological polar surface area (TPSA) is 141 Å². The van der Waals surface area contributed by atoms with Crippen LogP contribution in [0.2, 0.25) is 0 Å². The van der Waals surface area contributed by atoms with Crippen LogP contribution in [0.5, 0.6) is 0 Å². The third-order valence-electron chi connectivity index (χ3n) is 4.84. The summed E-state index contributed by atoms with van der Waals surface area (Å²) in [4.78, 5) is 17.1. The highest BCUT2D eigenvalue weighted by Crippen LogP contribution is 2.36. The molecule has 1 fully saturated rings. The molecule has 0 radical (unpaired) electrons. The predicted octanol–water partition coefficient (Wildman–Crippen LogP) is 1.18. The van der Waals surface area contributed by atoms with E-state index in [-0.39, 0.29) is 11.4 Å². The zero-order valence-corrected chi connectivity index (χ0v) is 15.8. The van der Waals surface area contributed by atoms with Crippen molar-refractivity contribution >= 4 is 17.5 Å². The summed E-state index contributed by atoms with van der Waals surface area (Å²) in [6.07, 6.45) is 8.52. The molecule has 1 aliphatic rings. The number of hydrazone groups is 1. The minimum Gasteiger partial charge on any atom is -0.322 e. The maximum Gasteiger partial charge on any atom is 0.298 e. The van der Waals surface area contributed by atoms with E-state index in [0.717, 1.165) is 36.3 Å². The van der Waals surface area contributed by atoms with E-state index in [4.69, 9.17) is 11.7 Å². The average Bonchev–Trinajstić information content (AvgIpc) is 3.49. The van der Waals surface area contributed by atoms with Crippen molar-refractivity contribution in [3.05, 3.63) is 64.8 Å². The highest BCUT2D eigenvalue weighted by Gasteiger charge is 2.26. The van der Waals surface area contributed by atoms with Crippen LogP contribution in [0, 0.1) is 0 Å². The summed E-state index contributed by atoms with van der Waals surface area (Å²) >= 11 is 0. The lowest BCUT2D eigenvalue weighted by molar-refractivity contribution is 0.649. The molecule has 0 unspecified atom stereocenters. The Labute approximate surface area is 167 Å². The van der Waals surface area contributed by atoms with Crippen LogP contribution >= 0.6 is 0 Å². The molecule has 2 aromatic heterocycles. The van der Waals surface area contributed by atoms with Crippen LogP contribution in [0.15, 0.2) is 58.8 Å². The molecule has 150 valence electrons. The Hall–Kier alpha value is -3.66. The molecule has 4 rings (SSSR count). The molecule has 1 aromatic carbocycles. The number of benzene rings is 1. The number of anilines is 2. The van der Waals surface area contributed by atoms with Gasteiger partial charge in [0.15, 0.2) is 5.82 Å². The molecule has 0 aliphatic heterocycles. The molecule has 1 aliphatic carbocycles. The van der Waals surface area contributed by atoms with Crippen molar-refractivity contribution in [2.45, 2.75) is 31.7 Å². The number of hydrogen-bond acceptors (Lipinski definition) is 7. The maximum atomic E-state index is 12.9. The molecule has 2 heterocycles. The van der Waals surface area contributed by atoms with Crippen LogP contribution in [-0.2, 0) is 6.42 Å². The van der Waals surface area contributed by atoms with E-state index in [1.54, 1.807) is 23.2 Å². The first-order valence-corrected chi connectivity index (χ1v) is 9.40. The van der Waals surface area contributed by atoms with Gasteiger partial charge >= 0.3 is 0 Å². The van der Waals surface area contributed by atoms with Gasteiger partial charge in [0.2, 0.25) is 0 Å². The quantitative estimate of drug-likeness (QED) is 0.204. The van der Waals surface area contributed by atoms with Crippen LogP contribution in [0.3, 0.4) is 0 Å². The fourth-order valence-electron chi connectivity index (χ4n) is 3.11. The molecule has 6 N–H and O–H groups in total. The monoisotopic (exact) mass is 393 g/mol. The summed E-state index contributed by atoms with van der Waals surface area (Å²) in [7, 11) is 0. The third kappa shape index (κ3) is 4.11. The van der Waals surface area contributed by atoms with Gasteiger partial charge in [0.25, 0.3) is 5.56 Å². The van der Waals surface area contributed by atoms with Crippen molar-refractivity contribution in [3.8, 4) is 5.69 Å². The Balaban J connectivity index is 1.52. The smallest absolute Gasteiger partial charge is 0.298 e. The van der Waals surface area contributed by atoms with Gasteiger partial charge in [0.1, 0.15) is 11.7 Å². The van der Waals surface area contributed by atoms with Crippen LogP contribution < -0.4 is 28.0 Å². The largest absolute Gasteiger partial charge is 0.322 e. The molecule has 1 saturated carbocycles. The highest BCUT2D eigenvalue weighted by atomic mass is 16.1. The number of hydrogen-bond donors (Lipinski definition) is 4. The van der Waals surface area contributed by atoms with E-state index >= 15 is 0 Å². The first kappa shape index (κ1) is 18.7. The molecule has 10 heteroatoms. The van der Waals surface area contributed by atoms with Crippen LogP contribution in [0.25, 0.3) is 5.69 Å². The Morgan fingerprint density at radius 3 is 2.69 bits per heavy atom. The number of amidine groups is 1. The van der Waals surface area contributed by atoms with Gasteiger partial charge in [-0.2, -0.15) is 10.2 Å². The van der Waals surface area contributed by atoms with E-state index in [9.17, 15) is 4.79 Å². The second-order valence-corrected chi connectivity index (χ2v) is 6.85. The van der Waals surface area contributed by atoms with Gasteiger partial charge in [-0.05, 0) is 37.0 Å². The van der Waals surface area contributed by atoms with Crippen LogP contribution in [-0.4, -0.2) is 25.2 Å². The number of nitrogens with one attached hydrogen (secondary N) is 2. The first-order valence-electron chi connectivity index (χ1n) is 9.40. The SMILES string of the molecule is N/N=C(/CCc1ccc(-n2ccnc(Nc3ccnn3C3CC3)c2=O)cc1)NN. The van der Waals surface area contributed by atoms with Gasteiger partial charge in [-0.3, -0.25) is 9.36 Å². The summed E-state index contributed by atoms with van der Waals surface area (Å²) in [5.41, 5.74) is 4.07. The molecule has 3 aromatic rings. The van der Waals surface area contributed by atoms with Crippen molar-refractivity contribution in [3.63, 3.8) is 0 Å². The number of rotatable bonds is 7. The number of hydrazine groups is 1. The Bertz CT molecular complexity index is 1060. The lowest BCUT2D eigenvalue weighted by atomic mass is 10.1. The molecule has 0 bridgehead atoms. The van der Waals surface area contributed by atoms with Crippen LogP contribution in [0.4, 0.5) is 11.6 Å². The zero-order chi connectivity index (χ0) is 20.2. The second kappa shape index (κ2) is 8.15. The number of aryl methyl sites for hydroxylation is 1. The Kier molecular flexibility index (Phi) is 5.25. The fourth-order valence-corrected chi connectivity index (χ4v) is 3.11. The lowest BCUT2D eigenvalue weighted by Gasteiger charge is -2.11. The van der Waals surface area contributed by atoms with E-state index in [1.165, 1.54) is 0 Å². The van der Waals surface area contributed by atoms with Crippen molar-refractivity contribution in [2.75, 3.05) is 5.32 Å². The van der Waals surface area contributed by atoms with Crippen molar-refractivity contribution in [1.82, 2.24) is 24.8 Å². The molecule has 10 nitrogen and oxygen atoms in total. The van der Waals surface area contributed by atoms with Gasteiger partial charge in [-0.25, -0.2) is 15.5 Å². The highest BCUT2D eigenvalue weighted by molar-refractivity contribution is 5.81. The Morgan fingerprint density at radius 1 is 1.21 bits per heavy atom. The summed E-state index contributed by atoms with van der Waals surface area (Å²) < 4.78 is 3.47. The summed E-state index contributed by atoms with van der Waals surface area (Å²) in [6, 6.07) is 9.96. The predicted molar refractivity (Wildman–Crippen MR) is 111 cm³/mol. The standard InChI is InChI=1S/C19H23N9O/c20-25-16(26-21)8-3-13-1-4-14(5-2-13)27-12-11-22-18(19(27)29)24-17-9-10-23-28(17)15-6-7-15/h1-2,4-5,9-12,15H,3,6-8,20-21H2,(H,22,24)(H,25,26). The minimum absolute atomic E-state index is 0.228. The van der Waals surface area contributed by atoms with Crippen molar-refractivity contribution in [2.24, 2.45) is 16.8 Å². The maximum absolute atomic E-state index is 12.9. The third-order valence-corrected chi connectivity index (χ3v) is 4.84. The second-order valence-electron chi connectivity index (χ2n) is 6.85. The summed E-state index contributed by atoms with van der Waals surface area (Å²) in [5, 5.41) is 11.0. The van der Waals surface area contributed by atoms with E-state index in [2.05, 4.69) is 25.9 Å². The molecule has 0 saturated heterocycles. The van der Waals surface area contributed by atoms with Gasteiger partial charge in [-0.15, -0.1) is 0 Å². The average molecular weight is 393 g/mol. The molecular formula is C19H23N9O. The molecule has 0 amide bonds. The molecule has 0 atom stereocenters. The normalized spacial score (nSPS) is 14.0. The summed E-state index contributed by atoms with van der Waals surface area (Å²) in [6.45, 7) is 0. The van der Waals surface area contributed by atoms with Crippen molar-refractivity contribution in [1.29, 1.82) is 0 Å². The number of aromatic nitrogens is 4. The molecule has 29 heavy (non-hydrogen) atoms. The molecular weight excluding hydrogens is 370 g/mol. The number of nitrogens with two attached hydrogens (primary N) is 2. The summed E-state index contributed by atoms with van der Waals surface area (Å²) in [5.74, 6) is 12.1.